The van der Waals surface area contributed by atoms with Gasteiger partial charge in [0, 0.05) is 16.7 Å². The highest BCUT2D eigenvalue weighted by molar-refractivity contribution is 5.90. The largest absolute Gasteiger partial charge is 0.464 e. The molecular weight excluding hydrogens is 500 g/mol. The van der Waals surface area contributed by atoms with E-state index in [1.165, 1.54) is 0 Å². The highest BCUT2D eigenvalue weighted by Gasteiger charge is 2.41. The summed E-state index contributed by atoms with van der Waals surface area (Å²) in [5, 5.41) is 0. The fourth-order valence-corrected chi connectivity index (χ4v) is 2.52. The van der Waals surface area contributed by atoms with Crippen LogP contribution in [-0.2, 0) is 38.1 Å². The summed E-state index contributed by atoms with van der Waals surface area (Å²) in [6.45, 7) is 31.4. The second kappa shape index (κ2) is 13.0. The van der Waals surface area contributed by atoms with Crippen molar-refractivity contribution < 1.29 is 38.1 Å². The van der Waals surface area contributed by atoms with Crippen molar-refractivity contribution in [3.63, 3.8) is 0 Å². The van der Waals surface area contributed by atoms with Gasteiger partial charge in [0.05, 0.1) is 5.41 Å². The lowest BCUT2D eigenvalue weighted by Crippen LogP contribution is -2.45. The van der Waals surface area contributed by atoms with Gasteiger partial charge in [-0.1, -0.05) is 82.1 Å². The zero-order chi connectivity index (χ0) is 31.2. The van der Waals surface area contributed by atoms with Crippen molar-refractivity contribution in [2.75, 3.05) is 26.4 Å². The van der Waals surface area contributed by atoms with E-state index < -0.39 is 51.0 Å². The molecule has 0 aliphatic heterocycles. The van der Waals surface area contributed by atoms with Crippen LogP contribution >= 0.6 is 0 Å². The van der Waals surface area contributed by atoms with Crippen LogP contribution in [0.15, 0.2) is 36.5 Å². The Morgan fingerprint density at radius 3 is 0.872 bits per heavy atom. The van der Waals surface area contributed by atoms with Gasteiger partial charge in [-0.05, 0) is 37.0 Å². The average molecular weight is 551 g/mol. The zero-order valence-electron chi connectivity index (χ0n) is 26.2. The SMILES string of the molecule is C=C(C(=O)OCC(COC(=O)C(=C)C(C)(C)C)(COC(=O)C(=C)C(C)(C)C)COC(=O)C(C)(C)C)C(C)(C)C. The molecule has 0 bridgehead atoms. The molecule has 0 aliphatic rings. The van der Waals surface area contributed by atoms with Crippen molar-refractivity contribution in [1.82, 2.24) is 0 Å². The molecule has 39 heavy (non-hydrogen) atoms. The van der Waals surface area contributed by atoms with Crippen molar-refractivity contribution >= 4 is 23.9 Å². The zero-order valence-corrected chi connectivity index (χ0v) is 26.2. The first kappa shape index (κ1) is 36.1. The monoisotopic (exact) mass is 550 g/mol. The number of esters is 4. The van der Waals surface area contributed by atoms with Gasteiger partial charge < -0.3 is 18.9 Å². The molecule has 0 aromatic heterocycles. The average Bonchev–Trinajstić information content (AvgIpc) is 2.78. The molecule has 0 atom stereocenters. The van der Waals surface area contributed by atoms with Gasteiger partial charge in [-0.25, -0.2) is 14.4 Å². The lowest BCUT2D eigenvalue weighted by Gasteiger charge is -2.34. The first-order chi connectivity index (χ1) is 17.2. The Morgan fingerprint density at radius 2 is 0.667 bits per heavy atom. The maximum atomic E-state index is 12.8. The third kappa shape index (κ3) is 11.8. The smallest absolute Gasteiger partial charge is 0.333 e. The Hall–Kier alpha value is -2.90. The number of hydrogen-bond donors (Lipinski definition) is 0. The van der Waals surface area contributed by atoms with E-state index in [0.29, 0.717) is 0 Å². The Kier molecular flexibility index (Phi) is 12.0. The van der Waals surface area contributed by atoms with Crippen molar-refractivity contribution in [2.24, 2.45) is 27.1 Å². The van der Waals surface area contributed by atoms with Gasteiger partial charge in [0.2, 0.25) is 0 Å². The minimum atomic E-state index is -1.42. The molecule has 0 spiro atoms. The van der Waals surface area contributed by atoms with Crippen LogP contribution in [0.25, 0.3) is 0 Å². The molecule has 0 amide bonds. The Bertz CT molecular complexity index is 869. The molecular formula is C31H50O8. The Morgan fingerprint density at radius 1 is 0.436 bits per heavy atom. The fourth-order valence-electron chi connectivity index (χ4n) is 2.52. The van der Waals surface area contributed by atoms with Gasteiger partial charge in [-0.2, -0.15) is 0 Å². The molecule has 0 heterocycles. The fraction of sp³-hybridized carbons (Fsp3) is 0.677. The van der Waals surface area contributed by atoms with E-state index >= 15 is 0 Å². The molecule has 0 aromatic carbocycles. The van der Waals surface area contributed by atoms with Gasteiger partial charge in [-0.15, -0.1) is 0 Å². The molecule has 0 aromatic rings. The van der Waals surface area contributed by atoms with Crippen LogP contribution in [0.4, 0.5) is 0 Å². The number of carbonyl (C=O) groups excluding carboxylic acids is 4. The first-order valence-electron chi connectivity index (χ1n) is 13.0. The van der Waals surface area contributed by atoms with Crippen molar-refractivity contribution in [2.45, 2.75) is 83.1 Å². The van der Waals surface area contributed by atoms with Gasteiger partial charge in [-0.3, -0.25) is 4.79 Å². The van der Waals surface area contributed by atoms with Crippen LogP contribution in [0.2, 0.25) is 0 Å². The van der Waals surface area contributed by atoms with Crippen LogP contribution < -0.4 is 0 Å². The predicted molar refractivity (Wildman–Crippen MR) is 152 cm³/mol. The Labute approximate surface area is 235 Å². The molecule has 8 nitrogen and oxygen atoms in total. The van der Waals surface area contributed by atoms with Crippen LogP contribution in [-0.4, -0.2) is 50.3 Å². The third-order valence-corrected chi connectivity index (χ3v) is 6.11. The number of carbonyl (C=O) groups is 4. The standard InChI is InChI=1S/C31H50O8/c1-20(27(4,5)6)23(32)36-16-31(19-39-26(35)30(13,14)15,17-37-24(33)21(2)28(7,8)9)18-38-25(34)22(3)29(10,11)12/h1-3,16-19H2,4-15H3. The lowest BCUT2D eigenvalue weighted by molar-refractivity contribution is -0.171. The van der Waals surface area contributed by atoms with Crippen LogP contribution in [0.3, 0.4) is 0 Å². The minimum Gasteiger partial charge on any atom is -0.464 e. The molecule has 0 rings (SSSR count). The van der Waals surface area contributed by atoms with Crippen LogP contribution in [0.5, 0.6) is 0 Å². The van der Waals surface area contributed by atoms with E-state index in [-0.39, 0.29) is 43.1 Å². The summed E-state index contributed by atoms with van der Waals surface area (Å²) in [6, 6.07) is 0. The van der Waals surface area contributed by atoms with Crippen LogP contribution in [0, 0.1) is 27.1 Å². The van der Waals surface area contributed by atoms with E-state index in [2.05, 4.69) is 19.7 Å². The maximum Gasteiger partial charge on any atom is 0.333 e. The van der Waals surface area contributed by atoms with E-state index in [4.69, 9.17) is 18.9 Å². The number of hydrogen-bond acceptors (Lipinski definition) is 8. The van der Waals surface area contributed by atoms with E-state index in [9.17, 15) is 19.2 Å². The lowest BCUT2D eigenvalue weighted by atomic mass is 9.87. The number of rotatable bonds is 11. The summed E-state index contributed by atoms with van der Waals surface area (Å²) in [6.07, 6.45) is 0. The molecule has 222 valence electrons. The van der Waals surface area contributed by atoms with Gasteiger partial charge in [0.25, 0.3) is 0 Å². The minimum absolute atomic E-state index is 0.222. The molecule has 0 radical (unpaired) electrons. The first-order valence-corrected chi connectivity index (χ1v) is 13.0. The highest BCUT2D eigenvalue weighted by Crippen LogP contribution is 2.31. The molecule has 0 aliphatic carbocycles. The molecule has 0 saturated carbocycles. The maximum absolute atomic E-state index is 12.8. The molecule has 0 fully saturated rings. The second-order valence-corrected chi connectivity index (χ2v) is 14.2. The van der Waals surface area contributed by atoms with Gasteiger partial charge in [0.15, 0.2) is 0 Å². The normalized spacial score (nSPS) is 12.7. The van der Waals surface area contributed by atoms with Crippen molar-refractivity contribution in [3.8, 4) is 0 Å². The summed E-state index contributed by atoms with van der Waals surface area (Å²) in [7, 11) is 0. The molecule has 0 unspecified atom stereocenters. The summed E-state index contributed by atoms with van der Waals surface area (Å²) >= 11 is 0. The van der Waals surface area contributed by atoms with E-state index in [1.54, 1.807) is 20.8 Å². The quantitative estimate of drug-likeness (QED) is 0.175. The highest BCUT2D eigenvalue weighted by atomic mass is 16.6. The summed E-state index contributed by atoms with van der Waals surface area (Å²) < 4.78 is 22.3. The Balaban J connectivity index is 6.34. The van der Waals surface area contributed by atoms with Gasteiger partial charge in [0.1, 0.15) is 31.8 Å². The molecule has 0 saturated heterocycles. The number of ether oxygens (including phenoxy) is 4. The summed E-state index contributed by atoms with van der Waals surface area (Å²) in [4.78, 5) is 51.1. The second-order valence-electron chi connectivity index (χ2n) is 14.2. The van der Waals surface area contributed by atoms with E-state index in [1.807, 2.05) is 62.3 Å². The summed E-state index contributed by atoms with van der Waals surface area (Å²) in [5.41, 5.74) is -3.28. The van der Waals surface area contributed by atoms with Gasteiger partial charge >= 0.3 is 23.9 Å². The summed E-state index contributed by atoms with van der Waals surface area (Å²) in [5.74, 6) is -2.56. The third-order valence-electron chi connectivity index (χ3n) is 6.11. The van der Waals surface area contributed by atoms with Crippen molar-refractivity contribution in [1.29, 1.82) is 0 Å². The predicted octanol–water partition coefficient (Wildman–Crippen LogP) is 6.00. The van der Waals surface area contributed by atoms with Crippen LogP contribution in [0.1, 0.15) is 83.1 Å². The van der Waals surface area contributed by atoms with E-state index in [0.717, 1.165) is 0 Å². The molecule has 8 heteroatoms. The molecule has 0 N–H and O–H groups in total. The van der Waals surface area contributed by atoms with Crippen molar-refractivity contribution in [3.05, 3.63) is 36.5 Å². The topological polar surface area (TPSA) is 105 Å².